The van der Waals surface area contributed by atoms with Gasteiger partial charge < -0.3 is 10.2 Å². The lowest BCUT2D eigenvalue weighted by Crippen LogP contribution is -2.18. The van der Waals surface area contributed by atoms with Crippen molar-refractivity contribution >= 4 is 17.3 Å². The molecule has 0 atom stereocenters. The van der Waals surface area contributed by atoms with E-state index in [-0.39, 0.29) is 5.91 Å². The number of nitrogens with zero attached hydrogens (tertiary/aromatic N) is 2. The van der Waals surface area contributed by atoms with Crippen LogP contribution in [0.4, 0.5) is 11.4 Å². The second kappa shape index (κ2) is 7.62. The molecule has 126 valence electrons. The Morgan fingerprint density at radius 2 is 1.84 bits per heavy atom. The molecule has 1 aromatic heterocycles. The first-order valence-corrected chi connectivity index (χ1v) is 8.21. The number of carbonyl (C=O) groups excluding carboxylic acids is 1. The van der Waals surface area contributed by atoms with Gasteiger partial charge in [-0.3, -0.25) is 9.78 Å². The molecule has 0 saturated carbocycles. The van der Waals surface area contributed by atoms with Gasteiger partial charge >= 0.3 is 0 Å². The van der Waals surface area contributed by atoms with Gasteiger partial charge in [0.1, 0.15) is 5.69 Å². The van der Waals surface area contributed by atoms with Gasteiger partial charge in [-0.15, -0.1) is 0 Å². The zero-order valence-electron chi connectivity index (χ0n) is 14.4. The van der Waals surface area contributed by atoms with Crippen molar-refractivity contribution in [1.29, 1.82) is 0 Å². The average Bonchev–Trinajstić information content (AvgIpc) is 2.62. The standard InChI is InChI=1S/C21H21N3O/c1-16-7-6-10-18(13-16)23-21(25)20-14-19(11-12-22-20)24(2)15-17-8-4-3-5-9-17/h3-14H,15H2,1-2H3,(H,23,25). The molecule has 0 aliphatic heterocycles. The third-order valence-corrected chi connectivity index (χ3v) is 3.96. The average molecular weight is 331 g/mol. The SMILES string of the molecule is Cc1cccc(NC(=O)c2cc(N(C)Cc3ccccc3)ccn2)c1. The van der Waals surface area contributed by atoms with Gasteiger partial charge in [0.25, 0.3) is 5.91 Å². The molecule has 4 nitrogen and oxygen atoms in total. The number of aromatic nitrogens is 1. The van der Waals surface area contributed by atoms with Gasteiger partial charge in [-0.05, 0) is 42.3 Å². The smallest absolute Gasteiger partial charge is 0.274 e. The molecular formula is C21H21N3O. The lowest BCUT2D eigenvalue weighted by molar-refractivity contribution is 0.102. The van der Waals surface area contributed by atoms with Crippen LogP contribution < -0.4 is 10.2 Å². The largest absolute Gasteiger partial charge is 0.370 e. The minimum absolute atomic E-state index is 0.208. The van der Waals surface area contributed by atoms with Gasteiger partial charge in [0.15, 0.2) is 0 Å². The van der Waals surface area contributed by atoms with E-state index in [4.69, 9.17) is 0 Å². The van der Waals surface area contributed by atoms with Crippen LogP contribution in [0.2, 0.25) is 0 Å². The molecule has 1 amide bonds. The number of benzene rings is 2. The normalized spacial score (nSPS) is 10.3. The third-order valence-electron chi connectivity index (χ3n) is 3.96. The number of rotatable bonds is 5. The number of anilines is 2. The molecule has 4 heteroatoms. The van der Waals surface area contributed by atoms with Gasteiger partial charge in [0.05, 0.1) is 0 Å². The zero-order valence-corrected chi connectivity index (χ0v) is 14.4. The number of nitrogens with one attached hydrogen (secondary N) is 1. The third kappa shape index (κ3) is 4.44. The second-order valence-corrected chi connectivity index (χ2v) is 6.06. The zero-order chi connectivity index (χ0) is 17.6. The molecule has 1 N–H and O–H groups in total. The van der Waals surface area contributed by atoms with Crippen LogP contribution in [0.1, 0.15) is 21.6 Å². The highest BCUT2D eigenvalue weighted by atomic mass is 16.1. The molecule has 0 saturated heterocycles. The fraction of sp³-hybridized carbons (Fsp3) is 0.143. The number of aryl methyl sites for hydroxylation is 1. The molecule has 0 unspecified atom stereocenters. The van der Waals surface area contributed by atoms with Crippen molar-refractivity contribution < 1.29 is 4.79 Å². The molecular weight excluding hydrogens is 310 g/mol. The molecule has 25 heavy (non-hydrogen) atoms. The van der Waals surface area contributed by atoms with E-state index >= 15 is 0 Å². The van der Waals surface area contributed by atoms with Gasteiger partial charge in [-0.1, -0.05) is 42.5 Å². The van der Waals surface area contributed by atoms with Crippen molar-refractivity contribution in [2.75, 3.05) is 17.3 Å². The Bertz CT molecular complexity index is 862. The van der Waals surface area contributed by atoms with E-state index < -0.39 is 0 Å². The van der Waals surface area contributed by atoms with Crippen molar-refractivity contribution in [3.63, 3.8) is 0 Å². The Morgan fingerprint density at radius 3 is 2.60 bits per heavy atom. The minimum Gasteiger partial charge on any atom is -0.370 e. The van der Waals surface area contributed by atoms with Crippen LogP contribution in [0.15, 0.2) is 72.9 Å². The lowest BCUT2D eigenvalue weighted by atomic mass is 10.2. The van der Waals surface area contributed by atoms with Gasteiger partial charge in [0, 0.05) is 31.2 Å². The Balaban J connectivity index is 1.73. The van der Waals surface area contributed by atoms with Crippen molar-refractivity contribution in [1.82, 2.24) is 4.98 Å². The molecule has 0 spiro atoms. The number of amides is 1. The van der Waals surface area contributed by atoms with Crippen molar-refractivity contribution in [3.05, 3.63) is 89.7 Å². The molecule has 3 rings (SSSR count). The topological polar surface area (TPSA) is 45.2 Å². The van der Waals surface area contributed by atoms with Crippen LogP contribution in [0, 0.1) is 6.92 Å². The van der Waals surface area contributed by atoms with Crippen LogP contribution in [0.3, 0.4) is 0 Å². The molecule has 0 fully saturated rings. The fourth-order valence-electron chi connectivity index (χ4n) is 2.65. The van der Waals surface area contributed by atoms with E-state index in [1.165, 1.54) is 5.56 Å². The molecule has 2 aromatic carbocycles. The van der Waals surface area contributed by atoms with E-state index in [1.54, 1.807) is 6.20 Å². The molecule has 0 aliphatic rings. The van der Waals surface area contributed by atoms with Gasteiger partial charge in [-0.2, -0.15) is 0 Å². The summed E-state index contributed by atoms with van der Waals surface area (Å²) in [5.41, 5.74) is 4.44. The van der Waals surface area contributed by atoms with Crippen LogP contribution in [-0.4, -0.2) is 17.9 Å². The molecule has 0 radical (unpaired) electrons. The maximum atomic E-state index is 12.5. The highest BCUT2D eigenvalue weighted by molar-refractivity contribution is 6.03. The first kappa shape index (κ1) is 16.7. The van der Waals surface area contributed by atoms with Crippen LogP contribution in [0.25, 0.3) is 0 Å². The Hall–Kier alpha value is -3.14. The summed E-state index contributed by atoms with van der Waals surface area (Å²) in [7, 11) is 2.00. The Kier molecular flexibility index (Phi) is 5.09. The summed E-state index contributed by atoms with van der Waals surface area (Å²) in [6.45, 7) is 2.76. The van der Waals surface area contributed by atoms with E-state index in [9.17, 15) is 4.79 Å². The van der Waals surface area contributed by atoms with Crippen LogP contribution in [-0.2, 0) is 6.54 Å². The summed E-state index contributed by atoms with van der Waals surface area (Å²) in [4.78, 5) is 18.8. The second-order valence-electron chi connectivity index (χ2n) is 6.06. The van der Waals surface area contributed by atoms with Crippen LogP contribution in [0.5, 0.6) is 0 Å². The maximum Gasteiger partial charge on any atom is 0.274 e. The van der Waals surface area contributed by atoms with Gasteiger partial charge in [0.2, 0.25) is 0 Å². The van der Waals surface area contributed by atoms with Gasteiger partial charge in [-0.25, -0.2) is 0 Å². The molecule has 0 bridgehead atoms. The summed E-state index contributed by atoms with van der Waals surface area (Å²) in [6.07, 6.45) is 1.67. The maximum absolute atomic E-state index is 12.5. The Morgan fingerprint density at radius 1 is 1.04 bits per heavy atom. The quantitative estimate of drug-likeness (QED) is 0.759. The highest BCUT2D eigenvalue weighted by Crippen LogP contribution is 2.17. The first-order valence-electron chi connectivity index (χ1n) is 8.21. The van der Waals surface area contributed by atoms with E-state index in [0.717, 1.165) is 23.5 Å². The number of hydrogen-bond donors (Lipinski definition) is 1. The predicted octanol–water partition coefficient (Wildman–Crippen LogP) is 4.28. The molecule has 0 aliphatic carbocycles. The summed E-state index contributed by atoms with van der Waals surface area (Å²) in [6, 6.07) is 21.7. The monoisotopic (exact) mass is 331 g/mol. The summed E-state index contributed by atoms with van der Waals surface area (Å²) in [5.74, 6) is -0.208. The molecule has 3 aromatic rings. The predicted molar refractivity (Wildman–Crippen MR) is 102 cm³/mol. The van der Waals surface area contributed by atoms with Crippen molar-refractivity contribution in [2.24, 2.45) is 0 Å². The Labute approximate surface area is 148 Å². The first-order chi connectivity index (χ1) is 12.1. The van der Waals surface area contributed by atoms with Crippen molar-refractivity contribution in [2.45, 2.75) is 13.5 Å². The summed E-state index contributed by atoms with van der Waals surface area (Å²) >= 11 is 0. The number of carbonyl (C=O) groups is 1. The lowest BCUT2D eigenvalue weighted by Gasteiger charge is -2.19. The summed E-state index contributed by atoms with van der Waals surface area (Å²) < 4.78 is 0. The molecule has 1 heterocycles. The van der Waals surface area contributed by atoms with E-state index in [0.29, 0.717) is 5.69 Å². The minimum atomic E-state index is -0.208. The van der Waals surface area contributed by atoms with E-state index in [2.05, 4.69) is 27.3 Å². The number of pyridine rings is 1. The summed E-state index contributed by atoms with van der Waals surface area (Å²) in [5, 5.41) is 2.89. The fourth-order valence-corrected chi connectivity index (χ4v) is 2.65. The highest BCUT2D eigenvalue weighted by Gasteiger charge is 2.10. The van der Waals surface area contributed by atoms with E-state index in [1.807, 2.05) is 68.6 Å². The van der Waals surface area contributed by atoms with Crippen LogP contribution >= 0.6 is 0 Å². The number of hydrogen-bond acceptors (Lipinski definition) is 3. The van der Waals surface area contributed by atoms with Crippen molar-refractivity contribution in [3.8, 4) is 0 Å².